The molecule has 0 spiro atoms. The average Bonchev–Trinajstić information content (AvgIpc) is 2.27. The first-order valence-corrected chi connectivity index (χ1v) is 5.51. The zero-order valence-corrected chi connectivity index (χ0v) is 9.59. The van der Waals surface area contributed by atoms with Crippen molar-refractivity contribution in [2.45, 2.75) is 25.8 Å². The normalized spacial score (nSPS) is 12.1. The minimum absolute atomic E-state index is 0.0303. The predicted molar refractivity (Wildman–Crippen MR) is 62.9 cm³/mol. The molecule has 1 unspecified atom stereocenters. The fourth-order valence-corrected chi connectivity index (χ4v) is 1.45. The fourth-order valence-electron chi connectivity index (χ4n) is 1.32. The van der Waals surface area contributed by atoms with Gasteiger partial charge in [0.25, 0.3) is 0 Å². The first kappa shape index (κ1) is 12.0. The third-order valence-corrected chi connectivity index (χ3v) is 2.53. The first-order valence-electron chi connectivity index (χ1n) is 5.13. The Bertz CT molecular complexity index is 326. The summed E-state index contributed by atoms with van der Waals surface area (Å²) in [5.41, 5.74) is 1.24. The summed E-state index contributed by atoms with van der Waals surface area (Å²) in [6.07, 6.45) is 1.77. The molecule has 0 fully saturated rings. The molecular weight excluding hydrogens is 208 g/mol. The number of benzene rings is 1. The van der Waals surface area contributed by atoms with E-state index in [1.807, 2.05) is 31.2 Å². The predicted octanol–water partition coefficient (Wildman–Crippen LogP) is 2.77. The van der Waals surface area contributed by atoms with Crippen molar-refractivity contribution in [3.8, 4) is 6.07 Å². The summed E-state index contributed by atoms with van der Waals surface area (Å²) >= 11 is 5.78. The second-order valence-electron chi connectivity index (χ2n) is 3.42. The summed E-state index contributed by atoms with van der Waals surface area (Å²) < 4.78 is 0. The molecule has 0 amide bonds. The lowest BCUT2D eigenvalue weighted by Crippen LogP contribution is -2.28. The minimum Gasteiger partial charge on any atom is -0.302 e. The molecule has 0 radical (unpaired) electrons. The van der Waals surface area contributed by atoms with Crippen LogP contribution in [0.5, 0.6) is 0 Å². The fraction of sp³-hybridized carbons (Fsp3) is 0.417. The van der Waals surface area contributed by atoms with Crippen LogP contribution in [0.4, 0.5) is 0 Å². The van der Waals surface area contributed by atoms with E-state index in [0.29, 0.717) is 0 Å². The van der Waals surface area contributed by atoms with E-state index in [1.54, 1.807) is 0 Å². The van der Waals surface area contributed by atoms with Gasteiger partial charge in [0, 0.05) is 11.6 Å². The third kappa shape index (κ3) is 4.33. The minimum atomic E-state index is -0.0303. The third-order valence-electron chi connectivity index (χ3n) is 2.28. The number of nitrogens with zero attached hydrogens (tertiary/aromatic N) is 1. The van der Waals surface area contributed by atoms with Gasteiger partial charge in [-0.2, -0.15) is 5.26 Å². The summed E-state index contributed by atoms with van der Waals surface area (Å²) in [7, 11) is 0. The number of hydrogen-bond donors (Lipinski definition) is 1. The lowest BCUT2D eigenvalue weighted by molar-refractivity contribution is 0.588. The van der Waals surface area contributed by atoms with Crippen molar-refractivity contribution in [1.82, 2.24) is 5.32 Å². The van der Waals surface area contributed by atoms with E-state index in [4.69, 9.17) is 16.9 Å². The number of rotatable bonds is 5. The van der Waals surface area contributed by atoms with E-state index < -0.39 is 0 Å². The van der Waals surface area contributed by atoms with Crippen LogP contribution in [0.25, 0.3) is 0 Å². The summed E-state index contributed by atoms with van der Waals surface area (Å²) in [5, 5.41) is 12.7. The molecule has 1 N–H and O–H groups in total. The summed E-state index contributed by atoms with van der Waals surface area (Å²) in [4.78, 5) is 0. The van der Waals surface area contributed by atoms with Crippen LogP contribution in [-0.4, -0.2) is 12.6 Å². The molecule has 2 nitrogen and oxygen atoms in total. The Balaban J connectivity index is 2.32. The molecule has 1 rings (SSSR count). The maximum absolute atomic E-state index is 8.73. The van der Waals surface area contributed by atoms with Crippen LogP contribution < -0.4 is 5.32 Å². The van der Waals surface area contributed by atoms with Gasteiger partial charge >= 0.3 is 0 Å². The number of hydrogen-bond acceptors (Lipinski definition) is 2. The highest BCUT2D eigenvalue weighted by molar-refractivity contribution is 6.30. The molecule has 3 heteroatoms. The summed E-state index contributed by atoms with van der Waals surface area (Å²) in [6.45, 7) is 2.83. The number of halogens is 1. The van der Waals surface area contributed by atoms with Gasteiger partial charge < -0.3 is 5.32 Å². The Kier molecular flexibility index (Phi) is 5.17. The van der Waals surface area contributed by atoms with Gasteiger partial charge in [-0.1, -0.05) is 30.7 Å². The number of nitriles is 1. The molecule has 1 aromatic carbocycles. The highest BCUT2D eigenvalue weighted by atomic mass is 35.5. The van der Waals surface area contributed by atoms with Gasteiger partial charge in [0.05, 0.1) is 12.1 Å². The first-order chi connectivity index (χ1) is 7.26. The standard InChI is InChI=1S/C12H15ClN2/c1-2-12(9-14)15-8-7-10-3-5-11(13)6-4-10/h3-6,12,15H,2,7-8H2,1H3. The molecule has 0 aliphatic carbocycles. The van der Waals surface area contributed by atoms with Crippen molar-refractivity contribution < 1.29 is 0 Å². The zero-order chi connectivity index (χ0) is 11.1. The van der Waals surface area contributed by atoms with E-state index in [1.165, 1.54) is 5.56 Å². The van der Waals surface area contributed by atoms with Crippen LogP contribution in [0, 0.1) is 11.3 Å². The number of nitrogens with one attached hydrogen (secondary N) is 1. The molecule has 0 aromatic heterocycles. The molecule has 1 atom stereocenters. The van der Waals surface area contributed by atoms with Gasteiger partial charge in [0.15, 0.2) is 0 Å². The van der Waals surface area contributed by atoms with E-state index in [0.717, 1.165) is 24.4 Å². The van der Waals surface area contributed by atoms with Gasteiger partial charge in [-0.25, -0.2) is 0 Å². The van der Waals surface area contributed by atoms with E-state index >= 15 is 0 Å². The van der Waals surface area contributed by atoms with Gasteiger partial charge in [-0.3, -0.25) is 0 Å². The quantitative estimate of drug-likeness (QED) is 0.832. The second kappa shape index (κ2) is 6.44. The van der Waals surface area contributed by atoms with Gasteiger partial charge in [0.1, 0.15) is 0 Å². The summed E-state index contributed by atoms with van der Waals surface area (Å²) in [5.74, 6) is 0. The van der Waals surface area contributed by atoms with Crippen molar-refractivity contribution >= 4 is 11.6 Å². The topological polar surface area (TPSA) is 35.8 Å². The Morgan fingerprint density at radius 1 is 1.40 bits per heavy atom. The molecule has 0 saturated heterocycles. The van der Waals surface area contributed by atoms with Crippen molar-refractivity contribution in [3.63, 3.8) is 0 Å². The van der Waals surface area contributed by atoms with Crippen molar-refractivity contribution in [2.24, 2.45) is 0 Å². The summed E-state index contributed by atoms with van der Waals surface area (Å²) in [6, 6.07) is 9.98. The van der Waals surface area contributed by atoms with E-state index in [-0.39, 0.29) is 6.04 Å². The SMILES string of the molecule is CCC(C#N)NCCc1ccc(Cl)cc1. The molecule has 0 bridgehead atoms. The Labute approximate surface area is 95.9 Å². The lowest BCUT2D eigenvalue weighted by Gasteiger charge is -2.08. The molecular formula is C12H15ClN2. The van der Waals surface area contributed by atoms with Crippen LogP contribution >= 0.6 is 11.6 Å². The molecule has 80 valence electrons. The second-order valence-corrected chi connectivity index (χ2v) is 3.86. The van der Waals surface area contributed by atoms with Gasteiger partial charge in [-0.15, -0.1) is 0 Å². The van der Waals surface area contributed by atoms with Gasteiger partial charge in [0.2, 0.25) is 0 Å². The van der Waals surface area contributed by atoms with Crippen molar-refractivity contribution in [2.75, 3.05) is 6.54 Å². The highest BCUT2D eigenvalue weighted by Crippen LogP contribution is 2.09. The Morgan fingerprint density at radius 3 is 2.60 bits per heavy atom. The van der Waals surface area contributed by atoms with E-state index in [9.17, 15) is 0 Å². The van der Waals surface area contributed by atoms with Crippen LogP contribution in [-0.2, 0) is 6.42 Å². The van der Waals surface area contributed by atoms with Crippen LogP contribution in [0.1, 0.15) is 18.9 Å². The smallest absolute Gasteiger partial charge is 0.0950 e. The zero-order valence-electron chi connectivity index (χ0n) is 8.83. The molecule has 0 aliphatic heterocycles. The van der Waals surface area contributed by atoms with Crippen LogP contribution in [0.15, 0.2) is 24.3 Å². The van der Waals surface area contributed by atoms with Crippen molar-refractivity contribution in [3.05, 3.63) is 34.9 Å². The van der Waals surface area contributed by atoms with Crippen molar-refractivity contribution in [1.29, 1.82) is 5.26 Å². The molecule has 0 aliphatic rings. The van der Waals surface area contributed by atoms with Crippen LogP contribution in [0.3, 0.4) is 0 Å². The Hall–Kier alpha value is -1.04. The lowest BCUT2D eigenvalue weighted by atomic mass is 10.1. The molecule has 15 heavy (non-hydrogen) atoms. The van der Waals surface area contributed by atoms with Crippen LogP contribution in [0.2, 0.25) is 5.02 Å². The molecule has 1 aromatic rings. The molecule has 0 saturated carbocycles. The Morgan fingerprint density at radius 2 is 2.07 bits per heavy atom. The maximum atomic E-state index is 8.73. The average molecular weight is 223 g/mol. The van der Waals surface area contributed by atoms with Gasteiger partial charge in [-0.05, 0) is 30.5 Å². The monoisotopic (exact) mass is 222 g/mol. The highest BCUT2D eigenvalue weighted by Gasteiger charge is 2.01. The molecule has 0 heterocycles. The van der Waals surface area contributed by atoms with E-state index in [2.05, 4.69) is 11.4 Å². The maximum Gasteiger partial charge on any atom is 0.0950 e. The largest absolute Gasteiger partial charge is 0.302 e.